The second-order valence-corrected chi connectivity index (χ2v) is 6.92. The molecule has 2 aromatic carbocycles. The minimum absolute atomic E-state index is 0.156. The second-order valence-electron chi connectivity index (χ2n) is 6.92. The summed E-state index contributed by atoms with van der Waals surface area (Å²) in [5.41, 5.74) is 1.08. The van der Waals surface area contributed by atoms with Crippen molar-refractivity contribution in [2.75, 3.05) is 40.3 Å². The molecular weight excluding hydrogens is 340 g/mol. The molecular formula is C22H28N2O3. The molecule has 1 fully saturated rings. The molecule has 2 aromatic rings. The molecule has 0 saturated carbocycles. The predicted molar refractivity (Wildman–Crippen MR) is 106 cm³/mol. The molecule has 1 saturated heterocycles. The lowest BCUT2D eigenvalue weighted by molar-refractivity contribution is -0.133. The Bertz CT molecular complexity index is 710. The Hall–Kier alpha value is -2.53. The van der Waals surface area contributed by atoms with E-state index in [-0.39, 0.29) is 12.0 Å². The van der Waals surface area contributed by atoms with Gasteiger partial charge in [-0.3, -0.25) is 4.79 Å². The van der Waals surface area contributed by atoms with Gasteiger partial charge in [-0.05, 0) is 43.3 Å². The Kier molecular flexibility index (Phi) is 6.71. The summed E-state index contributed by atoms with van der Waals surface area (Å²) >= 11 is 0. The molecule has 1 amide bonds. The van der Waals surface area contributed by atoms with Crippen molar-refractivity contribution in [3.8, 4) is 11.5 Å². The summed E-state index contributed by atoms with van der Waals surface area (Å²) in [5.74, 6) is 1.78. The fraction of sp³-hybridized carbons (Fsp3) is 0.409. The number of piperazine rings is 1. The number of methoxy groups -OCH3 is 1. The normalized spacial score (nSPS) is 16.0. The van der Waals surface area contributed by atoms with E-state index in [4.69, 9.17) is 9.47 Å². The largest absolute Gasteiger partial charge is 0.497 e. The maximum Gasteiger partial charge on any atom is 0.222 e. The lowest BCUT2D eigenvalue weighted by Gasteiger charge is -2.32. The molecule has 27 heavy (non-hydrogen) atoms. The van der Waals surface area contributed by atoms with E-state index >= 15 is 0 Å². The molecule has 1 heterocycles. The average Bonchev–Trinajstić information content (AvgIpc) is 2.72. The van der Waals surface area contributed by atoms with Crippen molar-refractivity contribution in [3.63, 3.8) is 0 Å². The molecule has 144 valence electrons. The van der Waals surface area contributed by atoms with Crippen molar-refractivity contribution in [2.24, 2.45) is 0 Å². The van der Waals surface area contributed by atoms with Crippen LogP contribution in [0.5, 0.6) is 11.5 Å². The summed E-state index contributed by atoms with van der Waals surface area (Å²) in [6, 6.07) is 17.7. The summed E-state index contributed by atoms with van der Waals surface area (Å²) in [7, 11) is 3.74. The number of rotatable bonds is 7. The molecule has 0 aromatic heterocycles. The fourth-order valence-electron chi connectivity index (χ4n) is 3.25. The number of carbonyl (C=O) groups excluding carboxylic acids is 1. The Labute approximate surface area is 161 Å². The SMILES string of the molecule is COc1ccc(OC(CCC(=O)N2CCN(C)CC2)c2ccccc2)cc1. The number of nitrogens with zero attached hydrogens (tertiary/aromatic N) is 2. The van der Waals surface area contributed by atoms with Crippen molar-refractivity contribution in [1.29, 1.82) is 0 Å². The smallest absolute Gasteiger partial charge is 0.222 e. The molecule has 0 aliphatic carbocycles. The molecule has 1 atom stereocenters. The Morgan fingerprint density at radius 2 is 1.59 bits per heavy atom. The van der Waals surface area contributed by atoms with E-state index in [0.717, 1.165) is 43.2 Å². The van der Waals surface area contributed by atoms with Crippen LogP contribution in [-0.4, -0.2) is 56.0 Å². The molecule has 5 heteroatoms. The van der Waals surface area contributed by atoms with Crippen molar-refractivity contribution in [2.45, 2.75) is 18.9 Å². The Morgan fingerprint density at radius 1 is 0.963 bits per heavy atom. The zero-order valence-electron chi connectivity index (χ0n) is 16.1. The summed E-state index contributed by atoms with van der Waals surface area (Å²) < 4.78 is 11.4. The van der Waals surface area contributed by atoms with E-state index in [1.807, 2.05) is 47.4 Å². The van der Waals surface area contributed by atoms with Crippen LogP contribution in [-0.2, 0) is 4.79 Å². The van der Waals surface area contributed by atoms with Gasteiger partial charge in [0.25, 0.3) is 0 Å². The first kappa shape index (κ1) is 19.2. The molecule has 0 radical (unpaired) electrons. The van der Waals surface area contributed by atoms with Crippen LogP contribution in [0.4, 0.5) is 0 Å². The van der Waals surface area contributed by atoms with E-state index < -0.39 is 0 Å². The van der Waals surface area contributed by atoms with Gasteiger partial charge < -0.3 is 19.3 Å². The van der Waals surface area contributed by atoms with E-state index in [1.54, 1.807) is 7.11 Å². The van der Waals surface area contributed by atoms with Crippen LogP contribution < -0.4 is 9.47 Å². The predicted octanol–water partition coefficient (Wildman–Crippen LogP) is 3.37. The monoisotopic (exact) mass is 368 g/mol. The van der Waals surface area contributed by atoms with Crippen LogP contribution in [0.3, 0.4) is 0 Å². The van der Waals surface area contributed by atoms with E-state index in [2.05, 4.69) is 24.1 Å². The van der Waals surface area contributed by atoms with Crippen LogP contribution in [0.1, 0.15) is 24.5 Å². The summed E-state index contributed by atoms with van der Waals surface area (Å²) in [5, 5.41) is 0. The zero-order valence-corrected chi connectivity index (χ0v) is 16.1. The highest BCUT2D eigenvalue weighted by Crippen LogP contribution is 2.27. The van der Waals surface area contributed by atoms with Crippen LogP contribution in [0.25, 0.3) is 0 Å². The third kappa shape index (κ3) is 5.47. The number of ether oxygens (including phenoxy) is 2. The molecule has 1 aliphatic heterocycles. The van der Waals surface area contributed by atoms with Gasteiger partial charge in [-0.1, -0.05) is 30.3 Å². The summed E-state index contributed by atoms with van der Waals surface area (Å²) in [4.78, 5) is 16.8. The number of benzene rings is 2. The minimum Gasteiger partial charge on any atom is -0.497 e. The number of hydrogen-bond donors (Lipinski definition) is 0. The van der Waals surface area contributed by atoms with E-state index in [9.17, 15) is 4.79 Å². The van der Waals surface area contributed by atoms with Gasteiger partial charge in [-0.15, -0.1) is 0 Å². The molecule has 0 spiro atoms. The highest BCUT2D eigenvalue weighted by Gasteiger charge is 2.21. The molecule has 3 rings (SSSR count). The number of carbonyl (C=O) groups is 1. The number of hydrogen-bond acceptors (Lipinski definition) is 4. The molecule has 5 nitrogen and oxygen atoms in total. The van der Waals surface area contributed by atoms with Crippen molar-refractivity contribution in [3.05, 3.63) is 60.2 Å². The van der Waals surface area contributed by atoms with Crippen LogP contribution >= 0.6 is 0 Å². The first-order chi connectivity index (χ1) is 13.2. The van der Waals surface area contributed by atoms with Gasteiger partial charge in [0.15, 0.2) is 0 Å². The van der Waals surface area contributed by atoms with Gasteiger partial charge >= 0.3 is 0 Å². The van der Waals surface area contributed by atoms with Gasteiger partial charge in [0.05, 0.1) is 7.11 Å². The van der Waals surface area contributed by atoms with Crippen molar-refractivity contribution < 1.29 is 14.3 Å². The quantitative estimate of drug-likeness (QED) is 0.751. The Morgan fingerprint density at radius 3 is 2.22 bits per heavy atom. The van der Waals surface area contributed by atoms with Crippen LogP contribution in [0.15, 0.2) is 54.6 Å². The third-order valence-corrected chi connectivity index (χ3v) is 4.99. The second kappa shape index (κ2) is 9.42. The first-order valence-electron chi connectivity index (χ1n) is 9.47. The lowest BCUT2D eigenvalue weighted by atomic mass is 10.0. The van der Waals surface area contributed by atoms with E-state index in [1.165, 1.54) is 0 Å². The van der Waals surface area contributed by atoms with Crippen LogP contribution in [0.2, 0.25) is 0 Å². The third-order valence-electron chi connectivity index (χ3n) is 4.99. The molecule has 0 bridgehead atoms. The standard InChI is InChI=1S/C22H28N2O3/c1-23-14-16-24(17-15-23)22(25)13-12-21(18-6-4-3-5-7-18)27-20-10-8-19(26-2)9-11-20/h3-11,21H,12-17H2,1-2H3. The lowest BCUT2D eigenvalue weighted by Crippen LogP contribution is -2.47. The maximum absolute atomic E-state index is 12.6. The molecule has 0 N–H and O–H groups in total. The van der Waals surface area contributed by atoms with Gasteiger partial charge in [-0.25, -0.2) is 0 Å². The van der Waals surface area contributed by atoms with Crippen molar-refractivity contribution >= 4 is 5.91 Å². The van der Waals surface area contributed by atoms with Gasteiger partial charge in [0, 0.05) is 32.6 Å². The fourth-order valence-corrected chi connectivity index (χ4v) is 3.25. The van der Waals surface area contributed by atoms with Crippen LogP contribution in [0, 0.1) is 0 Å². The molecule has 1 unspecified atom stereocenters. The highest BCUT2D eigenvalue weighted by molar-refractivity contribution is 5.76. The maximum atomic E-state index is 12.6. The zero-order chi connectivity index (χ0) is 19.1. The first-order valence-corrected chi connectivity index (χ1v) is 9.47. The van der Waals surface area contributed by atoms with Crippen molar-refractivity contribution in [1.82, 2.24) is 9.80 Å². The average molecular weight is 368 g/mol. The molecule has 1 aliphatic rings. The highest BCUT2D eigenvalue weighted by atomic mass is 16.5. The van der Waals surface area contributed by atoms with Gasteiger partial charge in [0.2, 0.25) is 5.91 Å². The minimum atomic E-state index is -0.156. The summed E-state index contributed by atoms with van der Waals surface area (Å²) in [6.45, 7) is 3.50. The Balaban J connectivity index is 1.64. The number of amides is 1. The summed E-state index contributed by atoms with van der Waals surface area (Å²) in [6.07, 6.45) is 0.983. The van der Waals surface area contributed by atoms with Gasteiger partial charge in [0.1, 0.15) is 17.6 Å². The topological polar surface area (TPSA) is 42.0 Å². The number of likely N-dealkylation sites (N-methyl/N-ethyl adjacent to an activating group) is 1. The van der Waals surface area contributed by atoms with Gasteiger partial charge in [-0.2, -0.15) is 0 Å². The van der Waals surface area contributed by atoms with E-state index in [0.29, 0.717) is 12.8 Å².